The van der Waals surface area contributed by atoms with E-state index < -0.39 is 17.5 Å². The van der Waals surface area contributed by atoms with Crippen LogP contribution in [-0.4, -0.2) is 21.8 Å². The van der Waals surface area contributed by atoms with Crippen molar-refractivity contribution in [2.45, 2.75) is 78.0 Å². The summed E-state index contributed by atoms with van der Waals surface area (Å²) in [5.41, 5.74) is 14.1. The number of fused-ring (bicyclic) bond motifs is 2. The number of carbonyl (C=O) groups excluding carboxylic acids is 1. The maximum atomic E-state index is 11.8. The lowest BCUT2D eigenvalue weighted by Crippen LogP contribution is -2.34. The normalized spacial score (nSPS) is 17.3. The first kappa shape index (κ1) is 29.0. The van der Waals surface area contributed by atoms with Crippen molar-refractivity contribution < 1.29 is 14.1 Å². The molecule has 38 heavy (non-hydrogen) atoms. The van der Waals surface area contributed by atoms with Crippen molar-refractivity contribution in [2.75, 3.05) is 0 Å². The monoisotopic (exact) mass is 539 g/mol. The van der Waals surface area contributed by atoms with Gasteiger partial charge < -0.3 is 15.8 Å². The van der Waals surface area contributed by atoms with Crippen molar-refractivity contribution in [3.63, 3.8) is 0 Å². The van der Waals surface area contributed by atoms with Gasteiger partial charge in [-0.2, -0.15) is 5.26 Å². The summed E-state index contributed by atoms with van der Waals surface area (Å²) in [6.07, 6.45) is 3.31. The van der Waals surface area contributed by atoms with E-state index >= 15 is 0 Å². The van der Waals surface area contributed by atoms with E-state index in [1.807, 2.05) is 58.9 Å². The molecule has 9 nitrogen and oxygen atoms in total. The standard InChI is InChI=1S/C16H20N2O2.C12H13N3O2.ClH/c1-10-11(9-17)5-6-13-12(10)7-8-14(13)18-15(19)20-16(2,3)4;1-6-7-4-5-10(13)9(7)3-2-8(6)11-14-12(16)17-15-11;/h5-6,14H,7-8H2,1-4H3,(H,18,19);2-3,10H,4-5,13H2,1H3,(H,14,15,16);1H/t14-;10-;/m00./s1. The number of H-pyrrole nitrogens is 1. The summed E-state index contributed by atoms with van der Waals surface area (Å²) in [5.74, 6) is -0.0487. The SMILES string of the molecule is Cc1c(-c2noc(=O)[nH]2)ccc2c1CC[C@@H]2N.Cc1c(C#N)ccc2c1CC[C@@H]2NC(=O)OC(C)(C)C.Cl. The maximum Gasteiger partial charge on any atom is 0.439 e. The van der Waals surface area contributed by atoms with Crippen LogP contribution in [0, 0.1) is 25.2 Å². The van der Waals surface area contributed by atoms with Crippen LogP contribution in [0.4, 0.5) is 4.79 Å². The van der Waals surface area contributed by atoms with Gasteiger partial charge in [0.25, 0.3) is 0 Å². The average Bonchev–Trinajstić information content (AvgIpc) is 3.53. The summed E-state index contributed by atoms with van der Waals surface area (Å²) in [6, 6.07) is 10.0. The van der Waals surface area contributed by atoms with E-state index in [1.54, 1.807) is 0 Å². The van der Waals surface area contributed by atoms with E-state index in [1.165, 1.54) is 16.7 Å². The molecule has 4 N–H and O–H groups in total. The maximum absolute atomic E-state index is 11.8. The molecule has 10 heteroatoms. The Kier molecular flexibility index (Phi) is 8.70. The highest BCUT2D eigenvalue weighted by Crippen LogP contribution is 2.36. The third kappa shape index (κ3) is 6.09. The fraction of sp³-hybridized carbons (Fsp3) is 0.429. The first-order valence-corrected chi connectivity index (χ1v) is 12.4. The zero-order chi connectivity index (χ0) is 26.9. The Morgan fingerprint density at radius 1 is 1.13 bits per heavy atom. The molecule has 3 aromatic rings. The number of hydrogen-bond acceptors (Lipinski definition) is 7. The number of nitrogens with two attached hydrogens (primary N) is 1. The van der Waals surface area contributed by atoms with Crippen molar-refractivity contribution in [1.82, 2.24) is 15.5 Å². The van der Waals surface area contributed by atoms with Gasteiger partial charge in [0.1, 0.15) is 5.60 Å². The van der Waals surface area contributed by atoms with Gasteiger partial charge in [0.15, 0.2) is 5.82 Å². The number of carbonyl (C=O) groups is 1. The van der Waals surface area contributed by atoms with Crippen molar-refractivity contribution in [3.05, 3.63) is 73.8 Å². The summed E-state index contributed by atoms with van der Waals surface area (Å²) < 4.78 is 9.82. The molecular formula is C28H34ClN5O4. The van der Waals surface area contributed by atoms with E-state index in [4.69, 9.17) is 15.7 Å². The first-order valence-electron chi connectivity index (χ1n) is 12.4. The molecule has 2 atom stereocenters. The fourth-order valence-electron chi connectivity index (χ4n) is 5.12. The molecule has 0 saturated carbocycles. The van der Waals surface area contributed by atoms with Crippen LogP contribution < -0.4 is 16.8 Å². The molecule has 202 valence electrons. The summed E-state index contributed by atoms with van der Waals surface area (Å²) in [6.45, 7) is 9.53. The molecule has 1 amide bonds. The predicted molar refractivity (Wildman–Crippen MR) is 146 cm³/mol. The number of amides is 1. The molecule has 1 aromatic heterocycles. The second-order valence-electron chi connectivity index (χ2n) is 10.5. The lowest BCUT2D eigenvalue weighted by Gasteiger charge is -2.22. The van der Waals surface area contributed by atoms with E-state index in [-0.39, 0.29) is 24.5 Å². The van der Waals surface area contributed by atoms with E-state index in [2.05, 4.69) is 26.0 Å². The minimum absolute atomic E-state index is 0. The Labute approximate surface area is 228 Å². The number of nitrogens with one attached hydrogen (secondary N) is 2. The zero-order valence-corrected chi connectivity index (χ0v) is 23.1. The second-order valence-corrected chi connectivity index (χ2v) is 10.5. The lowest BCUT2D eigenvalue weighted by atomic mass is 9.98. The number of alkyl carbamates (subject to hydrolysis) is 1. The molecule has 5 rings (SSSR count). The summed E-state index contributed by atoms with van der Waals surface area (Å²) in [7, 11) is 0. The van der Waals surface area contributed by atoms with Gasteiger partial charge >= 0.3 is 11.8 Å². The zero-order valence-electron chi connectivity index (χ0n) is 22.3. The molecule has 0 fully saturated rings. The first-order chi connectivity index (χ1) is 17.5. The Bertz CT molecular complexity index is 1430. The van der Waals surface area contributed by atoms with Gasteiger partial charge in [-0.25, -0.2) is 9.59 Å². The Balaban J connectivity index is 0.000000207. The molecule has 2 aliphatic rings. The molecule has 0 radical (unpaired) electrons. The fourth-order valence-corrected chi connectivity index (χ4v) is 5.12. The molecule has 2 aromatic carbocycles. The summed E-state index contributed by atoms with van der Waals surface area (Å²) >= 11 is 0. The number of nitriles is 1. The molecule has 1 heterocycles. The van der Waals surface area contributed by atoms with Crippen LogP contribution in [0.2, 0.25) is 0 Å². The minimum atomic E-state index is -0.531. The summed E-state index contributed by atoms with van der Waals surface area (Å²) in [5, 5.41) is 15.7. The van der Waals surface area contributed by atoms with E-state index in [0.29, 0.717) is 11.4 Å². The highest BCUT2D eigenvalue weighted by atomic mass is 35.5. The Morgan fingerprint density at radius 2 is 1.79 bits per heavy atom. The van der Waals surface area contributed by atoms with Crippen LogP contribution in [0.15, 0.2) is 33.6 Å². The minimum Gasteiger partial charge on any atom is -0.444 e. The third-order valence-electron chi connectivity index (χ3n) is 6.94. The van der Waals surface area contributed by atoms with Gasteiger partial charge in [-0.3, -0.25) is 9.51 Å². The average molecular weight is 540 g/mol. The highest BCUT2D eigenvalue weighted by molar-refractivity contribution is 5.85. The molecule has 0 aliphatic heterocycles. The molecule has 0 unspecified atom stereocenters. The second kappa shape index (κ2) is 11.4. The van der Waals surface area contributed by atoms with Gasteiger partial charge in [0.2, 0.25) is 0 Å². The topological polar surface area (TPSA) is 147 Å². The van der Waals surface area contributed by atoms with Gasteiger partial charge in [0, 0.05) is 11.6 Å². The van der Waals surface area contributed by atoms with Crippen LogP contribution in [0.1, 0.15) is 84.6 Å². The number of benzene rings is 2. The van der Waals surface area contributed by atoms with Crippen LogP contribution in [0.25, 0.3) is 11.4 Å². The number of rotatable bonds is 2. The van der Waals surface area contributed by atoms with E-state index in [9.17, 15) is 9.59 Å². The largest absolute Gasteiger partial charge is 0.444 e. The number of nitrogens with zero attached hydrogens (tertiary/aromatic N) is 2. The van der Waals surface area contributed by atoms with Crippen molar-refractivity contribution in [3.8, 4) is 17.5 Å². The lowest BCUT2D eigenvalue weighted by molar-refractivity contribution is 0.0503. The molecule has 0 saturated heterocycles. The highest BCUT2D eigenvalue weighted by Gasteiger charge is 2.28. The van der Waals surface area contributed by atoms with Crippen LogP contribution in [0.5, 0.6) is 0 Å². The number of hydrogen-bond donors (Lipinski definition) is 3. The number of aromatic amines is 1. The molecule has 0 bridgehead atoms. The quantitative estimate of drug-likeness (QED) is 0.411. The molecule has 2 aliphatic carbocycles. The van der Waals surface area contributed by atoms with Crippen LogP contribution in [0.3, 0.4) is 0 Å². The Morgan fingerprint density at radius 3 is 2.42 bits per heavy atom. The number of aromatic nitrogens is 2. The van der Waals surface area contributed by atoms with Crippen molar-refractivity contribution in [2.24, 2.45) is 5.73 Å². The number of ether oxygens (including phenoxy) is 1. The summed E-state index contributed by atoms with van der Waals surface area (Å²) in [4.78, 5) is 25.4. The van der Waals surface area contributed by atoms with Gasteiger partial charge in [-0.1, -0.05) is 23.4 Å². The predicted octanol–water partition coefficient (Wildman–Crippen LogP) is 5.08. The third-order valence-corrected chi connectivity index (χ3v) is 6.94. The number of halogens is 1. The van der Waals surface area contributed by atoms with Crippen LogP contribution in [-0.2, 0) is 17.6 Å². The van der Waals surface area contributed by atoms with Gasteiger partial charge in [0.05, 0.1) is 17.7 Å². The molecular weight excluding hydrogens is 506 g/mol. The van der Waals surface area contributed by atoms with Gasteiger partial charge in [-0.15, -0.1) is 12.4 Å². The smallest absolute Gasteiger partial charge is 0.439 e. The van der Waals surface area contributed by atoms with Crippen LogP contribution >= 0.6 is 12.4 Å². The molecule has 0 spiro atoms. The van der Waals surface area contributed by atoms with Crippen molar-refractivity contribution in [1.29, 1.82) is 5.26 Å². The van der Waals surface area contributed by atoms with Gasteiger partial charge in [-0.05, 0) is 99.7 Å². The van der Waals surface area contributed by atoms with Crippen molar-refractivity contribution >= 4 is 18.5 Å². The van der Waals surface area contributed by atoms with E-state index in [0.717, 1.165) is 47.9 Å². The Hall–Kier alpha value is -3.61.